The minimum Gasteiger partial charge on any atom is -0.457 e. The summed E-state index contributed by atoms with van der Waals surface area (Å²) in [4.78, 5) is 15.4. The molecule has 106 valence electrons. The molecule has 0 atom stereocenters. The molecule has 1 aromatic carbocycles. The van der Waals surface area contributed by atoms with Gasteiger partial charge in [0.15, 0.2) is 0 Å². The first kappa shape index (κ1) is 13.0. The van der Waals surface area contributed by atoms with Crippen LogP contribution in [0.15, 0.2) is 42.7 Å². The Hall–Kier alpha value is -3.02. The largest absolute Gasteiger partial charge is 0.457 e. The third-order valence-corrected chi connectivity index (χ3v) is 3.21. The zero-order chi connectivity index (χ0) is 15.0. The van der Waals surface area contributed by atoms with Gasteiger partial charge in [0.2, 0.25) is 0 Å². The van der Waals surface area contributed by atoms with E-state index in [-0.39, 0.29) is 0 Å². The molecule has 4 N–H and O–H groups in total. The summed E-state index contributed by atoms with van der Waals surface area (Å²) in [5.41, 5.74) is 12.4. The molecule has 6 nitrogen and oxygen atoms in total. The van der Waals surface area contributed by atoms with Gasteiger partial charge in [0.05, 0.1) is 5.56 Å². The highest BCUT2D eigenvalue weighted by Gasteiger charge is 2.12. The van der Waals surface area contributed by atoms with Crippen LogP contribution in [0.1, 0.15) is 10.4 Å². The van der Waals surface area contributed by atoms with E-state index < -0.39 is 5.91 Å². The molecule has 3 rings (SSSR count). The van der Waals surface area contributed by atoms with Crippen molar-refractivity contribution in [3.05, 3.63) is 48.3 Å². The highest BCUT2D eigenvalue weighted by molar-refractivity contribution is 6.06. The van der Waals surface area contributed by atoms with Crippen molar-refractivity contribution < 1.29 is 9.53 Å². The number of aryl methyl sites for hydroxylation is 1. The van der Waals surface area contributed by atoms with Crippen LogP contribution in [0.25, 0.3) is 10.9 Å². The van der Waals surface area contributed by atoms with Gasteiger partial charge in [-0.25, -0.2) is 4.98 Å². The monoisotopic (exact) mass is 282 g/mol. The van der Waals surface area contributed by atoms with Crippen molar-refractivity contribution in [3.63, 3.8) is 0 Å². The van der Waals surface area contributed by atoms with Crippen molar-refractivity contribution in [1.82, 2.24) is 9.55 Å². The number of amides is 1. The van der Waals surface area contributed by atoms with Crippen LogP contribution < -0.4 is 16.2 Å². The number of nitrogen functional groups attached to an aromatic ring is 1. The molecular weight excluding hydrogens is 268 g/mol. The minimum absolute atomic E-state index is 0.381. The van der Waals surface area contributed by atoms with E-state index in [1.165, 1.54) is 0 Å². The molecule has 3 aromatic rings. The number of fused-ring (bicyclic) bond motifs is 1. The zero-order valence-electron chi connectivity index (χ0n) is 11.4. The molecule has 0 radical (unpaired) electrons. The third kappa shape index (κ3) is 2.38. The van der Waals surface area contributed by atoms with E-state index >= 15 is 0 Å². The molecule has 6 heteroatoms. The van der Waals surface area contributed by atoms with Crippen molar-refractivity contribution in [2.75, 3.05) is 5.73 Å². The molecule has 0 spiro atoms. The summed E-state index contributed by atoms with van der Waals surface area (Å²) in [6.07, 6.45) is 3.28. The van der Waals surface area contributed by atoms with E-state index in [9.17, 15) is 4.79 Å². The Morgan fingerprint density at radius 3 is 2.71 bits per heavy atom. The van der Waals surface area contributed by atoms with Crippen molar-refractivity contribution in [2.24, 2.45) is 12.8 Å². The van der Waals surface area contributed by atoms with Crippen LogP contribution in [0.3, 0.4) is 0 Å². The summed E-state index contributed by atoms with van der Waals surface area (Å²) < 4.78 is 7.58. The number of ether oxygens (including phenoxy) is 1. The fourth-order valence-corrected chi connectivity index (χ4v) is 2.26. The second-order valence-corrected chi connectivity index (χ2v) is 4.72. The van der Waals surface area contributed by atoms with Gasteiger partial charge in [-0.05, 0) is 24.3 Å². The second-order valence-electron chi connectivity index (χ2n) is 4.72. The number of aromatic nitrogens is 2. The van der Waals surface area contributed by atoms with Gasteiger partial charge in [-0.15, -0.1) is 0 Å². The summed E-state index contributed by atoms with van der Waals surface area (Å²) in [5, 5.41) is 0.754. The van der Waals surface area contributed by atoms with Gasteiger partial charge in [0.1, 0.15) is 17.3 Å². The van der Waals surface area contributed by atoms with E-state index in [1.807, 2.05) is 23.7 Å². The summed E-state index contributed by atoms with van der Waals surface area (Å²) in [6, 6.07) is 8.82. The van der Waals surface area contributed by atoms with Gasteiger partial charge in [-0.3, -0.25) is 4.79 Å². The number of hydrogen-bond acceptors (Lipinski definition) is 4. The lowest BCUT2D eigenvalue weighted by Gasteiger charge is -2.06. The Morgan fingerprint density at radius 2 is 2.00 bits per heavy atom. The normalized spacial score (nSPS) is 10.7. The number of benzene rings is 1. The molecule has 1 amide bonds. The first-order chi connectivity index (χ1) is 10.0. The molecule has 2 aromatic heterocycles. The van der Waals surface area contributed by atoms with Gasteiger partial charge in [-0.1, -0.05) is 0 Å². The minimum atomic E-state index is -0.467. The predicted octanol–water partition coefficient (Wildman–Crippen LogP) is 2.05. The van der Waals surface area contributed by atoms with Gasteiger partial charge >= 0.3 is 0 Å². The third-order valence-electron chi connectivity index (χ3n) is 3.21. The van der Waals surface area contributed by atoms with E-state index in [0.717, 1.165) is 10.9 Å². The van der Waals surface area contributed by atoms with Gasteiger partial charge in [0, 0.05) is 36.4 Å². The van der Waals surface area contributed by atoms with E-state index in [2.05, 4.69) is 4.98 Å². The quantitative estimate of drug-likeness (QED) is 0.768. The lowest BCUT2D eigenvalue weighted by molar-refractivity contribution is 0.100. The van der Waals surface area contributed by atoms with Crippen LogP contribution in [0.5, 0.6) is 11.5 Å². The first-order valence-corrected chi connectivity index (χ1v) is 6.33. The van der Waals surface area contributed by atoms with E-state index in [0.29, 0.717) is 22.9 Å². The molecule has 0 aliphatic heterocycles. The van der Waals surface area contributed by atoms with Crippen LogP contribution in [-0.4, -0.2) is 15.5 Å². The number of carbonyl (C=O) groups excluding carboxylic acids is 1. The summed E-state index contributed by atoms with van der Waals surface area (Å²) in [5.74, 6) is 1.09. The van der Waals surface area contributed by atoms with Gasteiger partial charge < -0.3 is 20.8 Å². The number of anilines is 1. The van der Waals surface area contributed by atoms with Crippen molar-refractivity contribution in [2.45, 2.75) is 0 Å². The predicted molar refractivity (Wildman–Crippen MR) is 80.2 cm³/mol. The molecule has 21 heavy (non-hydrogen) atoms. The van der Waals surface area contributed by atoms with Crippen LogP contribution >= 0.6 is 0 Å². The molecule has 0 saturated carbocycles. The summed E-state index contributed by atoms with van der Waals surface area (Å²) >= 11 is 0. The van der Waals surface area contributed by atoms with Crippen molar-refractivity contribution in [3.8, 4) is 11.5 Å². The Labute approximate surface area is 120 Å². The molecule has 0 aliphatic rings. The number of carbonyl (C=O) groups is 1. The SMILES string of the molecule is Cn1cc(C(N)=O)c2cc(Oc3ccnc(N)c3)ccc21. The molecule has 0 unspecified atom stereocenters. The molecule has 0 saturated heterocycles. The Kier molecular flexibility index (Phi) is 2.98. The molecule has 0 aliphatic carbocycles. The standard InChI is InChI=1S/C15H14N4O2/c1-19-8-12(15(17)20)11-6-9(2-3-13(11)19)21-10-4-5-18-14(16)7-10/h2-8H,1H3,(H2,16,18)(H2,17,20). The first-order valence-electron chi connectivity index (χ1n) is 6.33. The molecule has 0 fully saturated rings. The van der Waals surface area contributed by atoms with Crippen LogP contribution in [-0.2, 0) is 7.05 Å². The lowest BCUT2D eigenvalue weighted by Crippen LogP contribution is -2.10. The maximum atomic E-state index is 11.5. The van der Waals surface area contributed by atoms with Crippen LogP contribution in [0, 0.1) is 0 Å². The van der Waals surface area contributed by atoms with Crippen LogP contribution in [0.2, 0.25) is 0 Å². The van der Waals surface area contributed by atoms with Crippen LogP contribution in [0.4, 0.5) is 5.82 Å². The fraction of sp³-hybridized carbons (Fsp3) is 0.0667. The topological polar surface area (TPSA) is 96.2 Å². The fourth-order valence-electron chi connectivity index (χ4n) is 2.26. The number of primary amides is 1. The lowest BCUT2D eigenvalue weighted by atomic mass is 10.1. The highest BCUT2D eigenvalue weighted by Crippen LogP contribution is 2.28. The Morgan fingerprint density at radius 1 is 1.24 bits per heavy atom. The average molecular weight is 282 g/mol. The number of pyridine rings is 1. The highest BCUT2D eigenvalue weighted by atomic mass is 16.5. The van der Waals surface area contributed by atoms with E-state index in [1.54, 1.807) is 30.6 Å². The molecule has 2 heterocycles. The molecular formula is C15H14N4O2. The smallest absolute Gasteiger partial charge is 0.250 e. The zero-order valence-corrected chi connectivity index (χ0v) is 11.4. The second kappa shape index (κ2) is 4.82. The van der Waals surface area contributed by atoms with Crippen molar-refractivity contribution in [1.29, 1.82) is 0 Å². The van der Waals surface area contributed by atoms with Crippen molar-refractivity contribution >= 4 is 22.6 Å². The Bertz CT molecular complexity index is 839. The maximum absolute atomic E-state index is 11.5. The number of nitrogens with two attached hydrogens (primary N) is 2. The Balaban J connectivity index is 2.04. The van der Waals surface area contributed by atoms with Gasteiger partial charge in [0.25, 0.3) is 5.91 Å². The maximum Gasteiger partial charge on any atom is 0.250 e. The summed E-state index contributed by atoms with van der Waals surface area (Å²) in [6.45, 7) is 0. The molecule has 0 bridgehead atoms. The van der Waals surface area contributed by atoms with E-state index in [4.69, 9.17) is 16.2 Å². The van der Waals surface area contributed by atoms with Gasteiger partial charge in [-0.2, -0.15) is 0 Å². The number of hydrogen-bond donors (Lipinski definition) is 2. The average Bonchev–Trinajstić information content (AvgIpc) is 2.76. The number of nitrogens with zero attached hydrogens (tertiary/aromatic N) is 2. The number of rotatable bonds is 3. The summed E-state index contributed by atoms with van der Waals surface area (Å²) in [7, 11) is 1.86.